The lowest BCUT2D eigenvalue weighted by Gasteiger charge is -2.25. The zero-order valence-corrected chi connectivity index (χ0v) is 10.7. The van der Waals surface area contributed by atoms with Gasteiger partial charge in [-0.2, -0.15) is 0 Å². The van der Waals surface area contributed by atoms with Gasteiger partial charge in [-0.05, 0) is 20.8 Å². The summed E-state index contributed by atoms with van der Waals surface area (Å²) in [5.41, 5.74) is -0.0964. The minimum atomic E-state index is -0.0964. The minimum absolute atomic E-state index is 0.0964. The van der Waals surface area contributed by atoms with Crippen LogP contribution in [0, 0.1) is 0 Å². The standard InChI is InChI=1S/C11H26N2O2/c1-10(8-12-6-7-14-4)13-9-11(2,3)15-5/h10,12-13H,6-9H2,1-5H3. The van der Waals surface area contributed by atoms with Crippen LogP contribution in [0.3, 0.4) is 0 Å². The van der Waals surface area contributed by atoms with E-state index >= 15 is 0 Å². The third kappa shape index (κ3) is 8.81. The van der Waals surface area contributed by atoms with E-state index in [1.807, 2.05) is 0 Å². The van der Waals surface area contributed by atoms with E-state index in [1.54, 1.807) is 14.2 Å². The molecule has 0 aromatic heterocycles. The second-order valence-electron chi connectivity index (χ2n) is 4.44. The van der Waals surface area contributed by atoms with Gasteiger partial charge in [-0.15, -0.1) is 0 Å². The topological polar surface area (TPSA) is 42.5 Å². The van der Waals surface area contributed by atoms with Crippen LogP contribution in [-0.4, -0.2) is 52.1 Å². The first-order valence-electron chi connectivity index (χ1n) is 5.50. The summed E-state index contributed by atoms with van der Waals surface area (Å²) in [7, 11) is 3.45. The fourth-order valence-electron chi connectivity index (χ4n) is 1.06. The van der Waals surface area contributed by atoms with Gasteiger partial charge in [-0.1, -0.05) is 0 Å². The van der Waals surface area contributed by atoms with Gasteiger partial charge in [0.25, 0.3) is 0 Å². The molecule has 0 fully saturated rings. The van der Waals surface area contributed by atoms with Crippen LogP contribution in [0.2, 0.25) is 0 Å². The Labute approximate surface area is 93.7 Å². The average Bonchev–Trinajstić information content (AvgIpc) is 2.22. The van der Waals surface area contributed by atoms with E-state index in [0.29, 0.717) is 6.04 Å². The van der Waals surface area contributed by atoms with E-state index in [-0.39, 0.29) is 5.60 Å². The molecule has 0 rings (SSSR count). The van der Waals surface area contributed by atoms with Crippen LogP contribution in [-0.2, 0) is 9.47 Å². The molecule has 0 spiro atoms. The second kappa shape index (κ2) is 8.05. The Morgan fingerprint density at radius 1 is 1.27 bits per heavy atom. The smallest absolute Gasteiger partial charge is 0.0746 e. The highest BCUT2D eigenvalue weighted by Crippen LogP contribution is 2.04. The van der Waals surface area contributed by atoms with Gasteiger partial charge >= 0.3 is 0 Å². The van der Waals surface area contributed by atoms with Crippen molar-refractivity contribution < 1.29 is 9.47 Å². The summed E-state index contributed by atoms with van der Waals surface area (Å²) in [5, 5.41) is 6.73. The van der Waals surface area contributed by atoms with Crippen LogP contribution in [0.1, 0.15) is 20.8 Å². The number of methoxy groups -OCH3 is 2. The molecule has 0 aliphatic carbocycles. The first-order chi connectivity index (χ1) is 7.02. The van der Waals surface area contributed by atoms with Crippen LogP contribution in [0.5, 0.6) is 0 Å². The van der Waals surface area contributed by atoms with E-state index in [4.69, 9.17) is 9.47 Å². The van der Waals surface area contributed by atoms with Crippen molar-refractivity contribution in [1.29, 1.82) is 0 Å². The van der Waals surface area contributed by atoms with E-state index < -0.39 is 0 Å². The van der Waals surface area contributed by atoms with E-state index in [9.17, 15) is 0 Å². The van der Waals surface area contributed by atoms with Gasteiger partial charge in [0.1, 0.15) is 0 Å². The van der Waals surface area contributed by atoms with Gasteiger partial charge in [0.15, 0.2) is 0 Å². The van der Waals surface area contributed by atoms with Gasteiger partial charge in [0.05, 0.1) is 12.2 Å². The molecule has 0 radical (unpaired) electrons. The Morgan fingerprint density at radius 2 is 1.93 bits per heavy atom. The lowest BCUT2D eigenvalue weighted by molar-refractivity contribution is 0.0214. The number of ether oxygens (including phenoxy) is 2. The predicted octanol–water partition coefficient (Wildman–Crippen LogP) is 0.626. The Morgan fingerprint density at radius 3 is 2.47 bits per heavy atom. The van der Waals surface area contributed by atoms with E-state index in [2.05, 4.69) is 31.4 Å². The van der Waals surface area contributed by atoms with Crippen molar-refractivity contribution in [2.75, 3.05) is 40.5 Å². The van der Waals surface area contributed by atoms with Gasteiger partial charge in [-0.3, -0.25) is 0 Å². The molecule has 92 valence electrons. The Kier molecular flexibility index (Phi) is 7.96. The van der Waals surface area contributed by atoms with Gasteiger partial charge in [0.2, 0.25) is 0 Å². The summed E-state index contributed by atoms with van der Waals surface area (Å²) in [4.78, 5) is 0. The van der Waals surface area contributed by atoms with Gasteiger partial charge in [-0.25, -0.2) is 0 Å². The highest BCUT2D eigenvalue weighted by atomic mass is 16.5. The van der Waals surface area contributed by atoms with Crippen LogP contribution < -0.4 is 10.6 Å². The lowest BCUT2D eigenvalue weighted by atomic mass is 10.1. The van der Waals surface area contributed by atoms with Crippen molar-refractivity contribution in [2.24, 2.45) is 0 Å². The third-order valence-electron chi connectivity index (χ3n) is 2.36. The molecule has 4 nitrogen and oxygen atoms in total. The number of hydrogen-bond acceptors (Lipinski definition) is 4. The van der Waals surface area contributed by atoms with Crippen molar-refractivity contribution >= 4 is 0 Å². The SMILES string of the molecule is COCCNCC(C)NCC(C)(C)OC. The molecule has 0 aromatic rings. The monoisotopic (exact) mass is 218 g/mol. The highest BCUT2D eigenvalue weighted by molar-refractivity contribution is 4.74. The fraction of sp³-hybridized carbons (Fsp3) is 1.00. The summed E-state index contributed by atoms with van der Waals surface area (Å²) >= 11 is 0. The maximum Gasteiger partial charge on any atom is 0.0746 e. The molecule has 2 N–H and O–H groups in total. The molecule has 0 aliphatic rings. The summed E-state index contributed by atoms with van der Waals surface area (Å²) in [6.07, 6.45) is 0. The molecule has 4 heteroatoms. The molecule has 0 aromatic carbocycles. The van der Waals surface area contributed by atoms with Crippen LogP contribution in [0.4, 0.5) is 0 Å². The molecular formula is C11H26N2O2. The Bertz CT molecular complexity index is 152. The van der Waals surface area contributed by atoms with Crippen LogP contribution >= 0.6 is 0 Å². The quantitative estimate of drug-likeness (QED) is 0.557. The zero-order chi connectivity index (χ0) is 11.7. The van der Waals surface area contributed by atoms with Crippen molar-refractivity contribution in [3.8, 4) is 0 Å². The molecule has 0 aliphatic heterocycles. The fourth-order valence-corrected chi connectivity index (χ4v) is 1.06. The molecule has 0 bridgehead atoms. The zero-order valence-electron chi connectivity index (χ0n) is 10.7. The summed E-state index contributed by atoms with van der Waals surface area (Å²) < 4.78 is 10.3. The minimum Gasteiger partial charge on any atom is -0.383 e. The second-order valence-corrected chi connectivity index (χ2v) is 4.44. The first-order valence-corrected chi connectivity index (χ1v) is 5.50. The molecule has 0 saturated carbocycles. The van der Waals surface area contributed by atoms with Crippen molar-refractivity contribution in [3.63, 3.8) is 0 Å². The van der Waals surface area contributed by atoms with Crippen LogP contribution in [0.25, 0.3) is 0 Å². The van der Waals surface area contributed by atoms with Crippen LogP contribution in [0.15, 0.2) is 0 Å². The number of rotatable bonds is 9. The highest BCUT2D eigenvalue weighted by Gasteiger charge is 2.16. The molecule has 0 amide bonds. The molecule has 0 saturated heterocycles. The molecule has 1 atom stereocenters. The maximum atomic E-state index is 5.33. The first kappa shape index (κ1) is 14.8. The van der Waals surface area contributed by atoms with Crippen molar-refractivity contribution in [1.82, 2.24) is 10.6 Å². The van der Waals surface area contributed by atoms with Gasteiger partial charge < -0.3 is 20.1 Å². The number of hydrogen-bond donors (Lipinski definition) is 2. The summed E-state index contributed by atoms with van der Waals surface area (Å²) in [6.45, 7) is 9.77. The molecule has 15 heavy (non-hydrogen) atoms. The Hall–Kier alpha value is -0.160. The molecule has 1 unspecified atom stereocenters. The van der Waals surface area contributed by atoms with Crippen molar-refractivity contribution in [3.05, 3.63) is 0 Å². The maximum absolute atomic E-state index is 5.33. The lowest BCUT2D eigenvalue weighted by Crippen LogP contribution is -2.44. The largest absolute Gasteiger partial charge is 0.383 e. The average molecular weight is 218 g/mol. The molecule has 0 heterocycles. The normalized spacial score (nSPS) is 14.2. The van der Waals surface area contributed by atoms with Gasteiger partial charge in [0, 0.05) is 39.9 Å². The Balaban J connectivity index is 3.44. The summed E-state index contributed by atoms with van der Waals surface area (Å²) in [6, 6.07) is 0.441. The van der Waals surface area contributed by atoms with E-state index in [0.717, 1.165) is 26.2 Å². The predicted molar refractivity (Wildman–Crippen MR) is 63.3 cm³/mol. The van der Waals surface area contributed by atoms with Crippen molar-refractivity contribution in [2.45, 2.75) is 32.4 Å². The number of nitrogens with one attached hydrogen (secondary N) is 2. The van der Waals surface area contributed by atoms with E-state index in [1.165, 1.54) is 0 Å². The summed E-state index contributed by atoms with van der Waals surface area (Å²) in [5.74, 6) is 0. The third-order valence-corrected chi connectivity index (χ3v) is 2.36. The molecular weight excluding hydrogens is 192 g/mol.